The average Bonchev–Trinajstić information content (AvgIpc) is 3.55. The first-order valence-electron chi connectivity index (χ1n) is 15.5. The van der Waals surface area contributed by atoms with E-state index in [1.54, 1.807) is 24.3 Å². The van der Waals surface area contributed by atoms with Crippen LogP contribution in [0.5, 0.6) is 11.8 Å². The highest BCUT2D eigenvalue weighted by atomic mass is 19.1. The van der Waals surface area contributed by atoms with Crippen molar-refractivity contribution in [3.05, 3.63) is 53.8 Å². The number of hydrogen-bond acceptors (Lipinski definition) is 8. The molecule has 3 aromatic carbocycles. The Morgan fingerprint density at radius 3 is 2.41 bits per heavy atom. The molecule has 4 unspecified atom stereocenters. The minimum absolute atomic E-state index is 0.00174. The summed E-state index contributed by atoms with van der Waals surface area (Å²) in [5.74, 6) is -3.36. The minimum atomic E-state index is -1.10. The van der Waals surface area contributed by atoms with Crippen molar-refractivity contribution in [3.8, 4) is 22.9 Å². The molecule has 0 amide bonds. The molecule has 0 spiro atoms. The zero-order valence-electron chi connectivity index (χ0n) is 24.2. The van der Waals surface area contributed by atoms with E-state index in [0.29, 0.717) is 43.1 Å². The Balaban J connectivity index is 1.17. The molecular formula is C33H34F3N5O3. The number of phenols is 1. The SMILES string of the molecule is Oc1cc2ccccc2c(-c2c(F)cc3c(N4CC5CCC(C4)N5)nc(OCCCN4CC5CCC(C4)O5)nc3c2F)c1F. The first-order valence-corrected chi connectivity index (χ1v) is 15.5. The fourth-order valence-corrected chi connectivity index (χ4v) is 7.55. The number of nitrogens with one attached hydrogen (secondary N) is 1. The number of aromatic nitrogens is 2. The van der Waals surface area contributed by atoms with E-state index in [0.717, 1.165) is 51.7 Å². The molecule has 4 atom stereocenters. The van der Waals surface area contributed by atoms with Gasteiger partial charge >= 0.3 is 6.01 Å². The molecule has 8 nitrogen and oxygen atoms in total. The van der Waals surface area contributed by atoms with Gasteiger partial charge in [-0.3, -0.25) is 4.90 Å². The summed E-state index contributed by atoms with van der Waals surface area (Å²) in [5.41, 5.74) is -1.08. The van der Waals surface area contributed by atoms with Crippen molar-refractivity contribution in [1.82, 2.24) is 20.2 Å². The number of phenolic OH excluding ortho intramolecular Hbond substituents is 1. The number of hydrogen-bond donors (Lipinski definition) is 2. The van der Waals surface area contributed by atoms with E-state index >= 15 is 13.2 Å². The molecular weight excluding hydrogens is 571 g/mol. The number of nitrogens with zero attached hydrogens (tertiary/aromatic N) is 4. The van der Waals surface area contributed by atoms with E-state index < -0.39 is 28.8 Å². The number of ether oxygens (including phenoxy) is 2. The molecule has 230 valence electrons. The van der Waals surface area contributed by atoms with E-state index in [2.05, 4.69) is 20.2 Å². The smallest absolute Gasteiger partial charge is 0.319 e. The number of fused-ring (bicyclic) bond motifs is 6. The van der Waals surface area contributed by atoms with Crippen molar-refractivity contribution >= 4 is 27.5 Å². The van der Waals surface area contributed by atoms with Crippen LogP contribution in [-0.2, 0) is 4.74 Å². The molecule has 44 heavy (non-hydrogen) atoms. The van der Waals surface area contributed by atoms with Gasteiger partial charge < -0.3 is 24.8 Å². The largest absolute Gasteiger partial charge is 0.505 e. The Morgan fingerprint density at radius 2 is 1.64 bits per heavy atom. The predicted octanol–water partition coefficient (Wildman–Crippen LogP) is 5.15. The lowest BCUT2D eigenvalue weighted by Crippen LogP contribution is -2.51. The molecule has 2 N–H and O–H groups in total. The van der Waals surface area contributed by atoms with E-state index in [-0.39, 0.29) is 39.9 Å². The molecule has 4 aromatic rings. The number of piperazine rings is 1. The topological polar surface area (TPSA) is 83.0 Å². The molecule has 4 aliphatic heterocycles. The Labute approximate surface area is 252 Å². The van der Waals surface area contributed by atoms with E-state index in [4.69, 9.17) is 9.47 Å². The monoisotopic (exact) mass is 605 g/mol. The van der Waals surface area contributed by atoms with E-state index in [9.17, 15) is 5.11 Å². The van der Waals surface area contributed by atoms with Gasteiger partial charge in [0.2, 0.25) is 0 Å². The van der Waals surface area contributed by atoms with Gasteiger partial charge in [-0.05, 0) is 55.0 Å². The van der Waals surface area contributed by atoms with Crippen molar-refractivity contribution in [1.29, 1.82) is 0 Å². The molecule has 4 aliphatic rings. The Hall–Kier alpha value is -3.67. The first kappa shape index (κ1) is 27.8. The Bertz CT molecular complexity index is 1730. The van der Waals surface area contributed by atoms with Gasteiger partial charge in [0.1, 0.15) is 17.2 Å². The second-order valence-electron chi connectivity index (χ2n) is 12.5. The van der Waals surface area contributed by atoms with Gasteiger partial charge in [0, 0.05) is 55.8 Å². The van der Waals surface area contributed by atoms with E-state index in [1.807, 2.05) is 4.90 Å². The summed E-state index contributed by atoms with van der Waals surface area (Å²) in [6.07, 6.45) is 5.60. The first-order chi connectivity index (χ1) is 21.4. The lowest BCUT2D eigenvalue weighted by molar-refractivity contribution is -0.0391. The van der Waals surface area contributed by atoms with Crippen LogP contribution >= 0.6 is 0 Å². The lowest BCUT2D eigenvalue weighted by Gasteiger charge is -2.34. The number of benzene rings is 3. The van der Waals surface area contributed by atoms with Crippen LogP contribution in [0.25, 0.3) is 32.8 Å². The Kier molecular flexibility index (Phi) is 6.99. The van der Waals surface area contributed by atoms with Crippen LogP contribution in [0.2, 0.25) is 0 Å². The molecule has 11 heteroatoms. The van der Waals surface area contributed by atoms with Crippen molar-refractivity contribution in [2.45, 2.75) is 56.4 Å². The second-order valence-corrected chi connectivity index (χ2v) is 12.5. The standard InChI is InChI=1S/C33H34F3N5O3/c34-25-13-24-31(30(36)28(25)27-23-5-2-1-4-18(23)12-26(42)29(27)35)38-33(39-32(24)41-14-19-6-7-20(15-41)37-19)43-11-3-10-40-16-21-8-9-22(17-40)44-21/h1-2,4-5,12-13,19-22,37,42H,3,6-11,14-17H2. The zero-order valence-corrected chi connectivity index (χ0v) is 24.2. The van der Waals surface area contributed by atoms with Crippen LogP contribution in [-0.4, -0.2) is 83.6 Å². The molecule has 5 heterocycles. The van der Waals surface area contributed by atoms with Gasteiger partial charge in [0.05, 0.1) is 24.4 Å². The highest BCUT2D eigenvalue weighted by Gasteiger charge is 2.35. The maximum atomic E-state index is 16.6. The molecule has 0 aliphatic carbocycles. The van der Waals surface area contributed by atoms with Gasteiger partial charge in [-0.25, -0.2) is 13.2 Å². The molecule has 4 saturated heterocycles. The van der Waals surface area contributed by atoms with Gasteiger partial charge in [0.15, 0.2) is 17.4 Å². The zero-order chi connectivity index (χ0) is 29.9. The average molecular weight is 606 g/mol. The number of anilines is 1. The molecule has 0 radical (unpaired) electrons. The van der Waals surface area contributed by atoms with Gasteiger partial charge in [-0.15, -0.1) is 0 Å². The molecule has 0 saturated carbocycles. The van der Waals surface area contributed by atoms with Crippen LogP contribution in [0.15, 0.2) is 36.4 Å². The summed E-state index contributed by atoms with van der Waals surface area (Å²) in [4.78, 5) is 13.5. The van der Waals surface area contributed by atoms with Gasteiger partial charge in [0.25, 0.3) is 0 Å². The third kappa shape index (κ3) is 4.91. The summed E-state index contributed by atoms with van der Waals surface area (Å²) < 4.78 is 60.0. The van der Waals surface area contributed by atoms with Gasteiger partial charge in [-0.1, -0.05) is 24.3 Å². The fraction of sp³-hybridized carbons (Fsp3) is 0.455. The molecule has 1 aromatic heterocycles. The summed E-state index contributed by atoms with van der Waals surface area (Å²) >= 11 is 0. The maximum Gasteiger partial charge on any atom is 0.319 e. The number of likely N-dealkylation sites (tertiary alicyclic amines) is 1. The fourth-order valence-electron chi connectivity index (χ4n) is 7.55. The summed E-state index contributed by atoms with van der Waals surface area (Å²) in [6, 6.07) is 9.55. The van der Waals surface area contributed by atoms with Crippen molar-refractivity contribution in [2.24, 2.45) is 0 Å². The number of halogens is 3. The van der Waals surface area contributed by atoms with Crippen molar-refractivity contribution in [2.75, 3.05) is 44.2 Å². The second kappa shape index (κ2) is 11.0. The van der Waals surface area contributed by atoms with Crippen molar-refractivity contribution in [3.63, 3.8) is 0 Å². The van der Waals surface area contributed by atoms with E-state index in [1.165, 1.54) is 12.1 Å². The third-order valence-electron chi connectivity index (χ3n) is 9.54. The molecule has 8 rings (SSSR count). The molecule has 4 fully saturated rings. The van der Waals surface area contributed by atoms with Gasteiger partial charge in [-0.2, -0.15) is 9.97 Å². The highest BCUT2D eigenvalue weighted by molar-refractivity contribution is 6.01. The minimum Gasteiger partial charge on any atom is -0.505 e. The predicted molar refractivity (Wildman–Crippen MR) is 161 cm³/mol. The third-order valence-corrected chi connectivity index (χ3v) is 9.54. The highest BCUT2D eigenvalue weighted by Crippen LogP contribution is 2.42. The summed E-state index contributed by atoms with van der Waals surface area (Å²) in [5, 5.41) is 14.8. The number of aromatic hydroxyl groups is 1. The van der Waals surface area contributed by atoms with Crippen molar-refractivity contribution < 1.29 is 27.8 Å². The maximum absolute atomic E-state index is 16.6. The van der Waals surface area contributed by atoms with Crippen LogP contribution in [0, 0.1) is 17.5 Å². The quantitative estimate of drug-likeness (QED) is 0.280. The number of rotatable bonds is 7. The number of morpholine rings is 1. The Morgan fingerprint density at radius 1 is 0.886 bits per heavy atom. The summed E-state index contributed by atoms with van der Waals surface area (Å²) in [7, 11) is 0. The van der Waals surface area contributed by atoms with Crippen LogP contribution in [0.4, 0.5) is 19.0 Å². The lowest BCUT2D eigenvalue weighted by atomic mass is 9.95. The van der Waals surface area contributed by atoms with Crippen LogP contribution in [0.1, 0.15) is 32.1 Å². The normalized spacial score (nSPS) is 24.9. The summed E-state index contributed by atoms with van der Waals surface area (Å²) in [6.45, 7) is 4.27. The molecule has 4 bridgehead atoms. The van der Waals surface area contributed by atoms with Crippen LogP contribution < -0.4 is 15.0 Å². The van der Waals surface area contributed by atoms with Crippen LogP contribution in [0.3, 0.4) is 0 Å².